The van der Waals surface area contributed by atoms with Crippen molar-refractivity contribution in [1.29, 1.82) is 0 Å². The first-order chi connectivity index (χ1) is 26.0. The van der Waals surface area contributed by atoms with Crippen LogP contribution in [0.25, 0.3) is 88.7 Å². The second-order valence-corrected chi connectivity index (χ2v) is 14.7. The molecule has 0 N–H and O–H groups in total. The molecule has 4 nitrogen and oxygen atoms in total. The molecule has 0 unspecified atom stereocenters. The predicted octanol–water partition coefficient (Wildman–Crippen LogP) is 13.6. The zero-order valence-electron chi connectivity index (χ0n) is 30.3. The fourth-order valence-corrected chi connectivity index (χ4v) is 8.40. The van der Waals surface area contributed by atoms with Crippen molar-refractivity contribution in [3.05, 3.63) is 163 Å². The molecule has 3 aromatic heterocycles. The van der Waals surface area contributed by atoms with E-state index >= 15 is 0 Å². The molecule has 0 aliphatic heterocycles. The van der Waals surface area contributed by atoms with E-state index in [0.29, 0.717) is 0 Å². The standard InChI is InChI=1S/C49H39N3O/c1-30(2)38-28-33(32-16-6-5-7-17-32)29-39(31(3)4)47(38)52-43-24-14-11-21-40(43)50-49(52)37-26-27-44(46-36-20-10-15-25-45(36)53-48(37)46)51-41-22-12-8-18-34(41)35-19-9-13-23-42(35)51/h5-31H,1-4H3. The van der Waals surface area contributed by atoms with E-state index in [1.165, 1.54) is 49.7 Å². The van der Waals surface area contributed by atoms with Crippen molar-refractivity contribution in [2.75, 3.05) is 0 Å². The van der Waals surface area contributed by atoms with Crippen LogP contribution in [0.4, 0.5) is 0 Å². The molecule has 0 aliphatic carbocycles. The summed E-state index contributed by atoms with van der Waals surface area (Å²) in [7, 11) is 0. The summed E-state index contributed by atoms with van der Waals surface area (Å²) < 4.78 is 11.8. The normalized spacial score (nSPS) is 12.1. The number of fused-ring (bicyclic) bond motifs is 7. The van der Waals surface area contributed by atoms with Crippen LogP contribution in [0, 0.1) is 0 Å². The lowest BCUT2D eigenvalue weighted by Crippen LogP contribution is -2.09. The van der Waals surface area contributed by atoms with Crippen molar-refractivity contribution < 1.29 is 4.42 Å². The molecule has 10 aromatic rings. The van der Waals surface area contributed by atoms with Crippen molar-refractivity contribution in [2.45, 2.75) is 39.5 Å². The summed E-state index contributed by atoms with van der Waals surface area (Å²) in [5.41, 5.74) is 14.4. The Bertz CT molecular complexity index is 2930. The van der Waals surface area contributed by atoms with Gasteiger partial charge in [0.05, 0.1) is 44.4 Å². The zero-order valence-corrected chi connectivity index (χ0v) is 30.3. The van der Waals surface area contributed by atoms with E-state index < -0.39 is 0 Å². The minimum Gasteiger partial charge on any atom is -0.455 e. The highest BCUT2D eigenvalue weighted by atomic mass is 16.3. The third kappa shape index (κ3) is 4.79. The van der Waals surface area contributed by atoms with Crippen LogP contribution in [0.1, 0.15) is 50.7 Å². The van der Waals surface area contributed by atoms with E-state index in [9.17, 15) is 0 Å². The number of benzene rings is 7. The van der Waals surface area contributed by atoms with Crippen LogP contribution in [0.2, 0.25) is 0 Å². The largest absolute Gasteiger partial charge is 0.455 e. The first-order valence-electron chi connectivity index (χ1n) is 18.6. The lowest BCUT2D eigenvalue weighted by atomic mass is 9.88. The van der Waals surface area contributed by atoms with Crippen molar-refractivity contribution in [2.24, 2.45) is 0 Å². The fourth-order valence-electron chi connectivity index (χ4n) is 8.40. The Morgan fingerprint density at radius 1 is 0.509 bits per heavy atom. The second kappa shape index (κ2) is 12.1. The van der Waals surface area contributed by atoms with Gasteiger partial charge in [0.1, 0.15) is 17.0 Å². The molecular weight excluding hydrogens is 647 g/mol. The van der Waals surface area contributed by atoms with E-state index in [1.807, 2.05) is 0 Å². The Morgan fingerprint density at radius 2 is 1.08 bits per heavy atom. The van der Waals surface area contributed by atoms with E-state index in [2.05, 4.69) is 188 Å². The molecule has 0 fully saturated rings. The molecule has 0 amide bonds. The first-order valence-corrected chi connectivity index (χ1v) is 18.6. The Kier molecular flexibility index (Phi) is 7.16. The van der Waals surface area contributed by atoms with Crippen LogP contribution < -0.4 is 0 Å². The van der Waals surface area contributed by atoms with Crippen LogP contribution >= 0.6 is 0 Å². The molecule has 0 radical (unpaired) electrons. The molecule has 4 heteroatoms. The van der Waals surface area contributed by atoms with E-state index in [1.54, 1.807) is 0 Å². The minimum absolute atomic E-state index is 0.268. The van der Waals surface area contributed by atoms with Gasteiger partial charge in [-0.25, -0.2) is 4.98 Å². The van der Waals surface area contributed by atoms with Gasteiger partial charge in [-0.2, -0.15) is 0 Å². The van der Waals surface area contributed by atoms with Gasteiger partial charge in [-0.05, 0) is 88.7 Å². The van der Waals surface area contributed by atoms with Gasteiger partial charge in [0, 0.05) is 16.2 Å². The van der Waals surface area contributed by atoms with Crippen LogP contribution in [0.3, 0.4) is 0 Å². The van der Waals surface area contributed by atoms with E-state index in [0.717, 1.165) is 50.0 Å². The molecule has 0 spiro atoms. The van der Waals surface area contributed by atoms with Crippen LogP contribution in [0.5, 0.6) is 0 Å². The van der Waals surface area contributed by atoms with Crippen LogP contribution in [-0.2, 0) is 0 Å². The Balaban J connectivity index is 1.32. The van der Waals surface area contributed by atoms with Crippen LogP contribution in [0.15, 0.2) is 156 Å². The number of aromatic nitrogens is 3. The summed E-state index contributed by atoms with van der Waals surface area (Å²) in [6.45, 7) is 9.20. The summed E-state index contributed by atoms with van der Waals surface area (Å²) >= 11 is 0. The summed E-state index contributed by atoms with van der Waals surface area (Å²) in [5, 5.41) is 4.63. The molecule has 0 saturated heterocycles. The maximum atomic E-state index is 6.95. The maximum Gasteiger partial charge on any atom is 0.149 e. The summed E-state index contributed by atoms with van der Waals surface area (Å²) in [6.07, 6.45) is 0. The highest BCUT2D eigenvalue weighted by Crippen LogP contribution is 2.45. The average molecular weight is 686 g/mol. The second-order valence-electron chi connectivity index (χ2n) is 14.7. The average Bonchev–Trinajstić information content (AvgIpc) is 3.87. The fraction of sp³-hybridized carbons (Fsp3) is 0.122. The number of para-hydroxylation sites is 5. The van der Waals surface area contributed by atoms with Gasteiger partial charge in [-0.3, -0.25) is 4.57 Å². The number of rotatable bonds is 6. The van der Waals surface area contributed by atoms with Crippen molar-refractivity contribution in [3.8, 4) is 33.9 Å². The molecule has 0 bridgehead atoms. The first kappa shape index (κ1) is 31.4. The molecular formula is C49H39N3O. The van der Waals surface area contributed by atoms with E-state index in [4.69, 9.17) is 9.40 Å². The smallest absolute Gasteiger partial charge is 0.149 e. The van der Waals surface area contributed by atoms with Gasteiger partial charge in [-0.1, -0.05) is 125 Å². The topological polar surface area (TPSA) is 35.9 Å². The third-order valence-corrected chi connectivity index (χ3v) is 10.9. The molecule has 256 valence electrons. The van der Waals surface area contributed by atoms with Gasteiger partial charge < -0.3 is 8.98 Å². The summed E-state index contributed by atoms with van der Waals surface area (Å²) in [4.78, 5) is 5.45. The SMILES string of the molecule is CC(C)c1cc(-c2ccccc2)cc(C(C)C)c1-n1c(-c2ccc(-n3c4ccccc4c4ccccc43)c3c2oc2ccccc23)nc2ccccc21. The van der Waals surface area contributed by atoms with Crippen molar-refractivity contribution >= 4 is 54.8 Å². The Hall–Kier alpha value is -6.39. The van der Waals surface area contributed by atoms with Crippen molar-refractivity contribution in [1.82, 2.24) is 14.1 Å². The summed E-state index contributed by atoms with van der Waals surface area (Å²) in [5.74, 6) is 1.41. The number of nitrogens with zero attached hydrogens (tertiary/aromatic N) is 3. The predicted molar refractivity (Wildman–Crippen MR) is 222 cm³/mol. The number of hydrogen-bond acceptors (Lipinski definition) is 2. The van der Waals surface area contributed by atoms with Gasteiger partial charge >= 0.3 is 0 Å². The molecule has 10 rings (SSSR count). The molecule has 3 heterocycles. The highest BCUT2D eigenvalue weighted by molar-refractivity contribution is 6.16. The Labute approximate surface area is 308 Å². The Morgan fingerprint density at radius 3 is 1.74 bits per heavy atom. The van der Waals surface area contributed by atoms with Crippen molar-refractivity contribution in [3.63, 3.8) is 0 Å². The minimum atomic E-state index is 0.268. The lowest BCUT2D eigenvalue weighted by molar-refractivity contribution is 0.669. The van der Waals surface area contributed by atoms with Gasteiger partial charge in [-0.15, -0.1) is 0 Å². The van der Waals surface area contributed by atoms with Gasteiger partial charge in [0.15, 0.2) is 0 Å². The molecule has 7 aromatic carbocycles. The number of furan rings is 1. The van der Waals surface area contributed by atoms with Gasteiger partial charge in [0.2, 0.25) is 0 Å². The lowest BCUT2D eigenvalue weighted by Gasteiger charge is -2.24. The zero-order chi connectivity index (χ0) is 35.8. The molecule has 53 heavy (non-hydrogen) atoms. The summed E-state index contributed by atoms with van der Waals surface area (Å²) in [6, 6.07) is 54.3. The molecule has 0 aliphatic rings. The maximum absolute atomic E-state index is 6.95. The third-order valence-electron chi connectivity index (χ3n) is 10.9. The highest BCUT2D eigenvalue weighted by Gasteiger charge is 2.27. The number of hydrogen-bond donors (Lipinski definition) is 0. The van der Waals surface area contributed by atoms with Crippen LogP contribution in [-0.4, -0.2) is 14.1 Å². The molecule has 0 saturated carbocycles. The van der Waals surface area contributed by atoms with Gasteiger partial charge in [0.25, 0.3) is 0 Å². The monoisotopic (exact) mass is 685 g/mol. The quantitative estimate of drug-likeness (QED) is 0.175. The molecule has 0 atom stereocenters. The number of imidazole rings is 1. The van der Waals surface area contributed by atoms with E-state index in [-0.39, 0.29) is 11.8 Å².